The van der Waals surface area contributed by atoms with Crippen molar-refractivity contribution >= 4 is 9.84 Å². The van der Waals surface area contributed by atoms with Crippen molar-refractivity contribution in [1.82, 2.24) is 10.2 Å². The Balaban J connectivity index is 3.42. The summed E-state index contributed by atoms with van der Waals surface area (Å²) in [7, 11) is -0.873. The lowest BCUT2D eigenvalue weighted by atomic mass is 10.4. The molecule has 86 valence electrons. The fourth-order valence-corrected chi connectivity index (χ4v) is 1.65. The molecular formula is C9H22N2O2S. The van der Waals surface area contributed by atoms with E-state index >= 15 is 0 Å². The number of sulfone groups is 1. The molecule has 1 N–H and O–H groups in total. The fourth-order valence-electron chi connectivity index (χ4n) is 1.01. The molecule has 5 heteroatoms. The molecule has 14 heavy (non-hydrogen) atoms. The summed E-state index contributed by atoms with van der Waals surface area (Å²) in [6.45, 7) is 5.59. The van der Waals surface area contributed by atoms with Gasteiger partial charge < -0.3 is 10.2 Å². The van der Waals surface area contributed by atoms with Gasteiger partial charge in [-0.15, -0.1) is 0 Å². The van der Waals surface area contributed by atoms with Crippen molar-refractivity contribution in [1.29, 1.82) is 0 Å². The minimum atomic E-state index is -2.82. The molecule has 0 unspecified atom stereocenters. The van der Waals surface area contributed by atoms with E-state index in [2.05, 4.69) is 12.2 Å². The van der Waals surface area contributed by atoms with Gasteiger partial charge in [0.1, 0.15) is 9.84 Å². The van der Waals surface area contributed by atoms with Crippen molar-refractivity contribution in [2.24, 2.45) is 0 Å². The molecule has 0 aromatic rings. The number of nitrogens with zero attached hydrogens (tertiary/aromatic N) is 1. The van der Waals surface area contributed by atoms with Crippen LogP contribution in [0.2, 0.25) is 0 Å². The van der Waals surface area contributed by atoms with Gasteiger partial charge in [0.2, 0.25) is 0 Å². The molecule has 0 saturated heterocycles. The van der Waals surface area contributed by atoms with Gasteiger partial charge >= 0.3 is 0 Å². The van der Waals surface area contributed by atoms with Crippen molar-refractivity contribution in [2.45, 2.75) is 13.3 Å². The molecule has 0 aromatic heterocycles. The van der Waals surface area contributed by atoms with E-state index in [1.807, 2.05) is 11.9 Å². The lowest BCUT2D eigenvalue weighted by Gasteiger charge is -2.15. The third-order valence-electron chi connectivity index (χ3n) is 1.94. The van der Waals surface area contributed by atoms with E-state index in [1.165, 1.54) is 6.26 Å². The molecule has 0 fully saturated rings. The van der Waals surface area contributed by atoms with E-state index in [-0.39, 0.29) is 5.75 Å². The molecule has 0 rings (SSSR count). The molecule has 0 aliphatic heterocycles. The zero-order valence-electron chi connectivity index (χ0n) is 9.41. The van der Waals surface area contributed by atoms with Crippen LogP contribution in [0.25, 0.3) is 0 Å². The van der Waals surface area contributed by atoms with Crippen LogP contribution in [0, 0.1) is 0 Å². The van der Waals surface area contributed by atoms with Gasteiger partial charge in [0.25, 0.3) is 0 Å². The number of hydrogen-bond donors (Lipinski definition) is 1. The number of nitrogens with one attached hydrogen (secondary N) is 1. The summed E-state index contributed by atoms with van der Waals surface area (Å²) >= 11 is 0. The van der Waals surface area contributed by atoms with Crippen molar-refractivity contribution in [2.75, 3.05) is 45.2 Å². The Kier molecular flexibility index (Phi) is 7.13. The quantitative estimate of drug-likeness (QED) is 0.586. The third-order valence-corrected chi connectivity index (χ3v) is 2.87. The van der Waals surface area contributed by atoms with Gasteiger partial charge in [0.05, 0.1) is 5.75 Å². The fraction of sp³-hybridized carbons (Fsp3) is 1.00. The van der Waals surface area contributed by atoms with Gasteiger partial charge in [-0.3, -0.25) is 0 Å². The lowest BCUT2D eigenvalue weighted by molar-refractivity contribution is 0.350. The first-order valence-corrected chi connectivity index (χ1v) is 7.08. The van der Waals surface area contributed by atoms with Crippen LogP contribution in [0.3, 0.4) is 0 Å². The van der Waals surface area contributed by atoms with E-state index < -0.39 is 9.84 Å². The second-order valence-corrected chi connectivity index (χ2v) is 5.94. The van der Waals surface area contributed by atoms with E-state index in [9.17, 15) is 8.42 Å². The van der Waals surface area contributed by atoms with Gasteiger partial charge in [-0.1, -0.05) is 6.92 Å². The maximum Gasteiger partial charge on any atom is 0.148 e. The normalized spacial score (nSPS) is 12.3. The second kappa shape index (κ2) is 7.20. The lowest BCUT2D eigenvalue weighted by Crippen LogP contribution is -2.32. The average molecular weight is 222 g/mol. The Morgan fingerprint density at radius 2 is 1.86 bits per heavy atom. The first-order chi connectivity index (χ1) is 6.45. The Hall–Kier alpha value is -0.130. The summed E-state index contributed by atoms with van der Waals surface area (Å²) in [4.78, 5) is 2.03. The summed E-state index contributed by atoms with van der Waals surface area (Å²) in [5.41, 5.74) is 0. The molecule has 0 aromatic carbocycles. The molecule has 4 nitrogen and oxygen atoms in total. The monoisotopic (exact) mass is 222 g/mol. The SMILES string of the molecule is CCCNCCN(C)CCS(C)(=O)=O. The summed E-state index contributed by atoms with van der Waals surface area (Å²) in [6.07, 6.45) is 2.41. The van der Waals surface area contributed by atoms with E-state index in [0.29, 0.717) is 6.54 Å². The number of likely N-dealkylation sites (N-methyl/N-ethyl adjacent to an activating group) is 1. The van der Waals surface area contributed by atoms with Crippen LogP contribution in [0.4, 0.5) is 0 Å². The summed E-state index contributed by atoms with van der Waals surface area (Å²) in [6, 6.07) is 0. The van der Waals surface area contributed by atoms with E-state index in [1.54, 1.807) is 0 Å². The summed E-state index contributed by atoms with van der Waals surface area (Å²) in [5, 5.41) is 3.27. The topological polar surface area (TPSA) is 49.4 Å². The van der Waals surface area contributed by atoms with E-state index in [4.69, 9.17) is 0 Å². The molecule has 0 spiro atoms. The second-order valence-electron chi connectivity index (χ2n) is 3.68. The van der Waals surface area contributed by atoms with Crippen LogP contribution in [0.1, 0.15) is 13.3 Å². The van der Waals surface area contributed by atoms with Crippen molar-refractivity contribution in [3.8, 4) is 0 Å². The highest BCUT2D eigenvalue weighted by Gasteiger charge is 2.04. The standard InChI is InChI=1S/C9H22N2O2S/c1-4-5-10-6-7-11(2)8-9-14(3,12)13/h10H,4-9H2,1-3H3. The zero-order chi connectivity index (χ0) is 11.0. The largest absolute Gasteiger partial charge is 0.315 e. The molecule has 0 amide bonds. The average Bonchev–Trinajstić information content (AvgIpc) is 2.08. The summed E-state index contributed by atoms with van der Waals surface area (Å²) < 4.78 is 21.7. The van der Waals surface area contributed by atoms with Crippen molar-refractivity contribution in [3.05, 3.63) is 0 Å². The third kappa shape index (κ3) is 9.95. The van der Waals surface area contributed by atoms with Gasteiger partial charge in [-0.25, -0.2) is 8.42 Å². The highest BCUT2D eigenvalue weighted by atomic mass is 32.2. The van der Waals surface area contributed by atoms with Crippen LogP contribution in [0.5, 0.6) is 0 Å². The first-order valence-electron chi connectivity index (χ1n) is 5.02. The highest BCUT2D eigenvalue weighted by Crippen LogP contribution is 1.87. The van der Waals surface area contributed by atoms with Crippen LogP contribution in [-0.4, -0.2) is 58.6 Å². The Morgan fingerprint density at radius 1 is 1.21 bits per heavy atom. The van der Waals surface area contributed by atoms with Gasteiger partial charge in [-0.05, 0) is 20.0 Å². The van der Waals surface area contributed by atoms with Crippen LogP contribution in [-0.2, 0) is 9.84 Å². The Bertz CT molecular complexity index is 227. The minimum absolute atomic E-state index is 0.247. The first kappa shape index (κ1) is 13.9. The molecule has 0 bridgehead atoms. The molecular weight excluding hydrogens is 200 g/mol. The van der Waals surface area contributed by atoms with E-state index in [0.717, 1.165) is 26.1 Å². The molecule has 0 radical (unpaired) electrons. The van der Waals surface area contributed by atoms with Crippen LogP contribution < -0.4 is 5.32 Å². The number of rotatable bonds is 8. The van der Waals surface area contributed by atoms with Crippen LogP contribution >= 0.6 is 0 Å². The molecule has 0 heterocycles. The summed E-state index contributed by atoms with van der Waals surface area (Å²) in [5.74, 6) is 0.247. The predicted octanol–water partition coefficient (Wildman–Crippen LogP) is -0.0376. The van der Waals surface area contributed by atoms with Crippen LogP contribution in [0.15, 0.2) is 0 Å². The van der Waals surface area contributed by atoms with Gasteiger partial charge in [0, 0.05) is 25.9 Å². The van der Waals surface area contributed by atoms with Crippen molar-refractivity contribution < 1.29 is 8.42 Å². The highest BCUT2D eigenvalue weighted by molar-refractivity contribution is 7.90. The van der Waals surface area contributed by atoms with Gasteiger partial charge in [0.15, 0.2) is 0 Å². The van der Waals surface area contributed by atoms with Crippen molar-refractivity contribution in [3.63, 3.8) is 0 Å². The molecule has 0 atom stereocenters. The maximum absolute atomic E-state index is 10.9. The molecule has 0 saturated carbocycles. The molecule has 0 aliphatic rings. The molecule has 0 aliphatic carbocycles. The maximum atomic E-state index is 10.9. The minimum Gasteiger partial charge on any atom is -0.315 e. The Morgan fingerprint density at radius 3 is 2.36 bits per heavy atom. The van der Waals surface area contributed by atoms with Gasteiger partial charge in [-0.2, -0.15) is 0 Å². The zero-order valence-corrected chi connectivity index (χ0v) is 10.2. The smallest absolute Gasteiger partial charge is 0.148 e. The Labute approximate surface area is 87.6 Å². The predicted molar refractivity (Wildman–Crippen MR) is 60.4 cm³/mol. The number of hydrogen-bond acceptors (Lipinski definition) is 4.